The first-order valence-corrected chi connectivity index (χ1v) is 18.3. The summed E-state index contributed by atoms with van der Waals surface area (Å²) in [6.45, 7) is 7.35. The van der Waals surface area contributed by atoms with Crippen molar-refractivity contribution in [1.82, 2.24) is 4.98 Å². The minimum Gasteiger partial charge on any atom is -0.381 e. The van der Waals surface area contributed by atoms with Crippen LogP contribution in [0.4, 0.5) is 26.6 Å². The van der Waals surface area contributed by atoms with Crippen LogP contribution in [-0.4, -0.2) is 55.6 Å². The normalized spacial score (nSPS) is 16.0. The van der Waals surface area contributed by atoms with Gasteiger partial charge in [0.05, 0.1) is 21.8 Å². The van der Waals surface area contributed by atoms with Crippen LogP contribution in [0.15, 0.2) is 85.1 Å². The van der Waals surface area contributed by atoms with Crippen molar-refractivity contribution in [1.29, 1.82) is 0 Å². The van der Waals surface area contributed by atoms with E-state index in [0.29, 0.717) is 46.2 Å². The molecule has 0 atom stereocenters. The lowest BCUT2D eigenvalue weighted by atomic mass is 9.73. The highest BCUT2D eigenvalue weighted by molar-refractivity contribution is 7.19. The van der Waals surface area contributed by atoms with Crippen LogP contribution in [0.3, 0.4) is 0 Å². The molecule has 2 fully saturated rings. The Kier molecular flexibility index (Phi) is 8.84. The molecule has 5 heterocycles. The van der Waals surface area contributed by atoms with Gasteiger partial charge in [-0.15, -0.1) is 11.3 Å². The van der Waals surface area contributed by atoms with E-state index in [1.807, 2.05) is 43.3 Å². The quantitative estimate of drug-likeness (QED) is 0.185. The molecule has 5 aromatic rings. The second-order valence-electron chi connectivity index (χ2n) is 14.0. The van der Waals surface area contributed by atoms with Gasteiger partial charge in [-0.25, -0.2) is 9.37 Å². The van der Waals surface area contributed by atoms with Crippen LogP contribution < -0.4 is 20.4 Å². The average molecular weight is 716 g/mol. The number of nitrogens with one attached hydrogen (secondary N) is 2. The molecular weight excluding hydrogens is 678 g/mol. The zero-order chi connectivity index (χ0) is 36.0. The Morgan fingerprint density at radius 2 is 1.67 bits per heavy atom. The molecule has 3 aliphatic heterocycles. The molecule has 2 saturated heterocycles. The van der Waals surface area contributed by atoms with Crippen molar-refractivity contribution >= 4 is 51.3 Å². The first-order valence-electron chi connectivity index (χ1n) is 17.5. The number of hydrogen-bond donors (Lipinski definition) is 2. The highest BCUT2D eigenvalue weighted by atomic mass is 32.1. The third-order valence-electron chi connectivity index (χ3n) is 10.3. The Morgan fingerprint density at radius 3 is 2.44 bits per heavy atom. The number of aryl methyl sites for hydroxylation is 2. The fraction of sp³-hybridized carbons (Fsp3) is 0.268. The first-order chi connectivity index (χ1) is 25.2. The maximum absolute atomic E-state index is 14.5. The van der Waals surface area contributed by atoms with E-state index in [0.717, 1.165) is 66.4 Å². The van der Waals surface area contributed by atoms with E-state index >= 15 is 0 Å². The summed E-state index contributed by atoms with van der Waals surface area (Å²) in [6, 6.07) is 23.1. The highest BCUT2D eigenvalue weighted by Gasteiger charge is 2.45. The molecule has 9 nitrogen and oxygen atoms in total. The molecule has 0 radical (unpaired) electrons. The number of aromatic nitrogens is 1. The van der Waals surface area contributed by atoms with Gasteiger partial charge in [0.2, 0.25) is 0 Å². The smallest absolute Gasteiger partial charge is 0.259 e. The maximum Gasteiger partial charge on any atom is 0.259 e. The summed E-state index contributed by atoms with van der Waals surface area (Å²) < 4.78 is 20.1. The Morgan fingerprint density at radius 1 is 0.904 bits per heavy atom. The summed E-state index contributed by atoms with van der Waals surface area (Å²) >= 11 is 1.41. The molecule has 2 N–H and O–H groups in total. The number of pyridine rings is 1. The highest BCUT2D eigenvalue weighted by Crippen LogP contribution is 2.44. The lowest BCUT2D eigenvalue weighted by molar-refractivity contribution is -0.000511. The van der Waals surface area contributed by atoms with E-state index in [9.17, 15) is 18.8 Å². The van der Waals surface area contributed by atoms with Crippen LogP contribution in [0, 0.1) is 25.1 Å². The van der Waals surface area contributed by atoms with Crippen molar-refractivity contribution in [2.24, 2.45) is 5.41 Å². The van der Waals surface area contributed by atoms with E-state index in [4.69, 9.17) is 4.74 Å². The van der Waals surface area contributed by atoms with Gasteiger partial charge < -0.3 is 25.2 Å². The zero-order valence-corrected chi connectivity index (χ0v) is 29.8. The monoisotopic (exact) mass is 715 g/mol. The van der Waals surface area contributed by atoms with Crippen LogP contribution >= 0.6 is 11.3 Å². The zero-order valence-electron chi connectivity index (χ0n) is 29.0. The second-order valence-corrected chi connectivity index (χ2v) is 15.0. The fourth-order valence-corrected chi connectivity index (χ4v) is 8.67. The lowest BCUT2D eigenvalue weighted by Crippen LogP contribution is -2.59. The molecule has 0 bridgehead atoms. The van der Waals surface area contributed by atoms with Gasteiger partial charge in [-0.05, 0) is 98.3 Å². The summed E-state index contributed by atoms with van der Waals surface area (Å²) in [5.74, 6) is -0.768. The van der Waals surface area contributed by atoms with E-state index in [-0.39, 0.29) is 22.8 Å². The van der Waals surface area contributed by atoms with Crippen LogP contribution in [0.1, 0.15) is 60.6 Å². The number of para-hydroxylation sites is 1. The summed E-state index contributed by atoms with van der Waals surface area (Å²) in [7, 11) is 0. The van der Waals surface area contributed by atoms with Gasteiger partial charge >= 0.3 is 0 Å². The van der Waals surface area contributed by atoms with Crippen LogP contribution in [-0.2, 0) is 11.2 Å². The van der Waals surface area contributed by atoms with Crippen LogP contribution in [0.5, 0.6) is 0 Å². The molecule has 11 heteroatoms. The predicted octanol–water partition coefficient (Wildman–Crippen LogP) is 7.89. The number of ether oxygens (including phenoxy) is 1. The second kappa shape index (κ2) is 13.6. The number of rotatable bonds is 6. The number of thiophene rings is 1. The molecule has 52 heavy (non-hydrogen) atoms. The molecule has 0 unspecified atom stereocenters. The van der Waals surface area contributed by atoms with Crippen molar-refractivity contribution in [3.8, 4) is 10.4 Å². The van der Waals surface area contributed by atoms with E-state index in [1.165, 1.54) is 17.4 Å². The number of nitrogens with zero attached hydrogens (tertiary/aromatic N) is 3. The standard InChI is InChI=1S/C41H38FN5O4S/c1-25-20-31(37(43-22-25)46-23-41(24-46)15-18-51-19-16-41)38(48)44-29-12-10-27(11-13-29)40(50)47-17-14-28-21-34(52-36(28)30-7-3-4-9-33(30)47)45-39(49)35-26(2)6-5-8-32(35)42/h3-13,20-22H,14-19,23-24H2,1-2H3,(H,44,48)(H,45,49). The van der Waals surface area contributed by atoms with E-state index < -0.39 is 11.7 Å². The minimum absolute atomic E-state index is 0.0287. The SMILES string of the molecule is Cc1cnc(N2CC3(CCOCC3)C2)c(C(=O)Nc2ccc(C(=O)N3CCc4cc(NC(=O)c5c(C)cccc5F)sc4-c4ccccc43)cc2)c1. The van der Waals surface area contributed by atoms with Gasteiger partial charge in [0.25, 0.3) is 17.7 Å². The molecule has 3 aliphatic rings. The largest absolute Gasteiger partial charge is 0.381 e. The number of amides is 3. The third kappa shape index (κ3) is 6.35. The van der Waals surface area contributed by atoms with E-state index in [1.54, 1.807) is 54.4 Å². The molecule has 1 spiro atoms. The van der Waals surface area contributed by atoms with Gasteiger partial charge in [-0.3, -0.25) is 14.4 Å². The maximum atomic E-state index is 14.5. The molecule has 3 amide bonds. The molecule has 2 aromatic heterocycles. The number of halogens is 1. The lowest BCUT2D eigenvalue weighted by Gasteiger charge is -2.53. The Labute approximate surface area is 305 Å². The number of carbonyl (C=O) groups is 3. The molecule has 0 aliphatic carbocycles. The number of anilines is 4. The average Bonchev–Trinajstić information content (AvgIpc) is 3.46. The molecule has 0 saturated carbocycles. The molecule has 3 aromatic carbocycles. The van der Waals surface area contributed by atoms with Gasteiger partial charge in [0.15, 0.2) is 0 Å². The predicted molar refractivity (Wildman–Crippen MR) is 202 cm³/mol. The summed E-state index contributed by atoms with van der Waals surface area (Å²) in [4.78, 5) is 50.2. The van der Waals surface area contributed by atoms with Crippen molar-refractivity contribution in [2.45, 2.75) is 33.1 Å². The fourth-order valence-electron chi connectivity index (χ4n) is 7.53. The summed E-state index contributed by atoms with van der Waals surface area (Å²) in [6.07, 6.45) is 4.42. The van der Waals surface area contributed by atoms with Gasteiger partial charge in [-0.2, -0.15) is 0 Å². The van der Waals surface area contributed by atoms with Crippen molar-refractivity contribution in [3.63, 3.8) is 0 Å². The van der Waals surface area contributed by atoms with Crippen LogP contribution in [0.25, 0.3) is 10.4 Å². The Bertz CT molecular complexity index is 2180. The topological polar surface area (TPSA) is 104 Å². The van der Waals surface area contributed by atoms with Gasteiger partial charge in [0.1, 0.15) is 11.6 Å². The summed E-state index contributed by atoms with van der Waals surface area (Å²) in [5.41, 5.74) is 5.98. The number of hydrogen-bond acceptors (Lipinski definition) is 7. The Balaban J connectivity index is 0.973. The molecule has 264 valence electrons. The van der Waals surface area contributed by atoms with E-state index in [2.05, 4.69) is 20.5 Å². The molecule has 8 rings (SSSR count). The summed E-state index contributed by atoms with van der Waals surface area (Å²) in [5, 5.41) is 6.52. The Hall–Kier alpha value is -5.39. The first kappa shape index (κ1) is 33.7. The van der Waals surface area contributed by atoms with Crippen molar-refractivity contribution < 1.29 is 23.5 Å². The number of fused-ring (bicyclic) bond motifs is 3. The van der Waals surface area contributed by atoms with Crippen LogP contribution in [0.2, 0.25) is 0 Å². The van der Waals surface area contributed by atoms with Crippen molar-refractivity contribution in [3.05, 3.63) is 124 Å². The van der Waals surface area contributed by atoms with Gasteiger partial charge in [-0.1, -0.05) is 30.3 Å². The third-order valence-corrected chi connectivity index (χ3v) is 11.5. The number of benzene rings is 3. The van der Waals surface area contributed by atoms with Crippen molar-refractivity contribution in [2.75, 3.05) is 53.3 Å². The molecular formula is C41H38FN5O4S. The van der Waals surface area contributed by atoms with Gasteiger partial charge in [0, 0.05) is 66.2 Å². The number of carbonyl (C=O) groups excluding carboxylic acids is 3. The minimum atomic E-state index is -0.561.